The first kappa shape index (κ1) is 20.3. The van der Waals surface area contributed by atoms with E-state index in [9.17, 15) is 9.59 Å². The van der Waals surface area contributed by atoms with Crippen molar-refractivity contribution < 1.29 is 13.9 Å². The third-order valence-corrected chi connectivity index (χ3v) is 6.03. The smallest absolute Gasteiger partial charge is 0.291 e. The summed E-state index contributed by atoms with van der Waals surface area (Å²) in [6.45, 7) is 2.66. The fourth-order valence-electron chi connectivity index (χ4n) is 4.23. The van der Waals surface area contributed by atoms with Crippen molar-refractivity contribution >= 4 is 28.5 Å². The van der Waals surface area contributed by atoms with Gasteiger partial charge in [0.2, 0.25) is 5.76 Å². The van der Waals surface area contributed by atoms with Crippen LogP contribution in [0.4, 0.5) is 0 Å². The van der Waals surface area contributed by atoms with E-state index in [1.165, 1.54) is 0 Å². The maximum absolute atomic E-state index is 13.5. The number of halogens is 1. The third kappa shape index (κ3) is 3.35. The van der Waals surface area contributed by atoms with Crippen LogP contribution < -0.4 is 10.2 Å². The molecule has 0 N–H and O–H groups in total. The molecule has 5 rings (SSSR count). The van der Waals surface area contributed by atoms with Crippen molar-refractivity contribution in [3.05, 3.63) is 110 Å². The molecule has 0 bridgehead atoms. The number of nitrogens with zero attached hydrogens (tertiary/aromatic N) is 1. The lowest BCUT2D eigenvalue weighted by Crippen LogP contribution is -2.29. The van der Waals surface area contributed by atoms with Crippen molar-refractivity contribution in [1.29, 1.82) is 0 Å². The topological polar surface area (TPSA) is 59.8 Å². The molecule has 32 heavy (non-hydrogen) atoms. The number of ether oxygens (including phenoxy) is 1. The number of carbonyl (C=O) groups is 1. The van der Waals surface area contributed by atoms with Gasteiger partial charge in [-0.15, -0.1) is 0 Å². The molecule has 0 radical (unpaired) electrons. The molecule has 1 unspecified atom stereocenters. The molecule has 5 nitrogen and oxygen atoms in total. The summed E-state index contributed by atoms with van der Waals surface area (Å²) in [7, 11) is 0. The van der Waals surface area contributed by atoms with Crippen LogP contribution in [0.15, 0.2) is 82.0 Å². The molecule has 0 spiro atoms. The van der Waals surface area contributed by atoms with Crippen LogP contribution >= 0.6 is 11.6 Å². The summed E-state index contributed by atoms with van der Waals surface area (Å²) >= 11 is 6.40. The van der Waals surface area contributed by atoms with Crippen LogP contribution in [0.1, 0.15) is 40.2 Å². The summed E-state index contributed by atoms with van der Waals surface area (Å²) in [5, 5.41) is 1.01. The van der Waals surface area contributed by atoms with Crippen molar-refractivity contribution in [3.63, 3.8) is 0 Å². The summed E-state index contributed by atoms with van der Waals surface area (Å²) < 4.78 is 11.6. The van der Waals surface area contributed by atoms with Crippen molar-refractivity contribution in [2.45, 2.75) is 19.5 Å². The van der Waals surface area contributed by atoms with E-state index in [1.807, 2.05) is 49.4 Å². The normalized spacial score (nSPS) is 15.2. The van der Waals surface area contributed by atoms with Crippen molar-refractivity contribution in [2.75, 3.05) is 6.61 Å². The zero-order chi connectivity index (χ0) is 22.2. The van der Waals surface area contributed by atoms with Crippen LogP contribution in [-0.4, -0.2) is 17.4 Å². The van der Waals surface area contributed by atoms with Gasteiger partial charge in [-0.1, -0.05) is 54.1 Å². The number of amides is 1. The minimum atomic E-state index is -0.616. The number of hydrogen-bond donors (Lipinski definition) is 0. The molecule has 3 aromatic carbocycles. The minimum absolute atomic E-state index is 0.0765. The first-order chi connectivity index (χ1) is 15.6. The molecule has 1 atom stereocenters. The van der Waals surface area contributed by atoms with E-state index in [2.05, 4.69) is 0 Å². The molecule has 6 heteroatoms. The fourth-order valence-corrected chi connectivity index (χ4v) is 4.42. The van der Waals surface area contributed by atoms with Gasteiger partial charge in [0.15, 0.2) is 5.43 Å². The number of para-hydroxylation sites is 1. The molecule has 0 fully saturated rings. The summed E-state index contributed by atoms with van der Waals surface area (Å²) in [6, 6.07) is 21.2. The number of rotatable bonds is 5. The van der Waals surface area contributed by atoms with E-state index < -0.39 is 6.04 Å². The first-order valence-corrected chi connectivity index (χ1v) is 10.8. The summed E-state index contributed by atoms with van der Waals surface area (Å²) in [4.78, 5) is 28.7. The minimum Gasteiger partial charge on any atom is -0.494 e. The van der Waals surface area contributed by atoms with Gasteiger partial charge in [-0.2, -0.15) is 0 Å². The Bertz CT molecular complexity index is 1390. The Kier molecular flexibility index (Phi) is 5.19. The van der Waals surface area contributed by atoms with Gasteiger partial charge in [0, 0.05) is 11.6 Å². The Morgan fingerprint density at radius 1 is 1.00 bits per heavy atom. The van der Waals surface area contributed by atoms with Crippen molar-refractivity contribution in [2.24, 2.45) is 0 Å². The van der Waals surface area contributed by atoms with Crippen LogP contribution in [0, 0.1) is 0 Å². The van der Waals surface area contributed by atoms with Gasteiger partial charge in [0.05, 0.1) is 23.6 Å². The molecule has 4 aromatic rings. The second-order valence-corrected chi connectivity index (χ2v) is 8.01. The maximum atomic E-state index is 13.5. The molecule has 160 valence electrons. The summed E-state index contributed by atoms with van der Waals surface area (Å²) in [6.07, 6.45) is 0. The van der Waals surface area contributed by atoms with Crippen LogP contribution in [0.25, 0.3) is 11.0 Å². The molecule has 0 saturated heterocycles. The Morgan fingerprint density at radius 3 is 2.59 bits per heavy atom. The second kappa shape index (κ2) is 8.17. The number of carbonyl (C=O) groups excluding carboxylic acids is 1. The van der Waals surface area contributed by atoms with Gasteiger partial charge in [-0.25, -0.2) is 0 Å². The van der Waals surface area contributed by atoms with Crippen molar-refractivity contribution in [3.8, 4) is 5.75 Å². The largest absolute Gasteiger partial charge is 0.494 e. The van der Waals surface area contributed by atoms with Gasteiger partial charge in [0.25, 0.3) is 5.91 Å². The molecule has 0 aliphatic carbocycles. The average Bonchev–Trinajstić information content (AvgIpc) is 3.08. The van der Waals surface area contributed by atoms with E-state index in [1.54, 1.807) is 35.2 Å². The Hall–Kier alpha value is -3.57. The molecule has 1 aliphatic rings. The lowest BCUT2D eigenvalue weighted by Gasteiger charge is -2.26. The number of hydrogen-bond acceptors (Lipinski definition) is 4. The van der Waals surface area contributed by atoms with Crippen LogP contribution in [0.3, 0.4) is 0 Å². The van der Waals surface area contributed by atoms with Crippen LogP contribution in [0.5, 0.6) is 5.75 Å². The molecule has 1 amide bonds. The fraction of sp³-hybridized carbons (Fsp3) is 0.154. The monoisotopic (exact) mass is 445 g/mol. The highest BCUT2D eigenvalue weighted by Crippen LogP contribution is 2.40. The SMILES string of the molecule is CCOc1cccc(C2c3c(oc4ccccc4c3=O)C(=O)N2Cc2ccccc2Cl)c1. The maximum Gasteiger partial charge on any atom is 0.291 e. The third-order valence-electron chi connectivity index (χ3n) is 5.66. The van der Waals surface area contributed by atoms with E-state index in [4.69, 9.17) is 20.8 Å². The summed E-state index contributed by atoms with van der Waals surface area (Å²) in [5.74, 6) is 0.413. The average molecular weight is 446 g/mol. The van der Waals surface area contributed by atoms with E-state index in [0.717, 1.165) is 11.1 Å². The van der Waals surface area contributed by atoms with Gasteiger partial charge in [0.1, 0.15) is 11.3 Å². The van der Waals surface area contributed by atoms with Gasteiger partial charge in [-0.3, -0.25) is 9.59 Å². The van der Waals surface area contributed by atoms with Crippen LogP contribution in [0.2, 0.25) is 5.02 Å². The molecule has 2 heterocycles. The predicted octanol–water partition coefficient (Wildman–Crippen LogP) is 5.59. The Morgan fingerprint density at radius 2 is 1.78 bits per heavy atom. The van der Waals surface area contributed by atoms with Gasteiger partial charge >= 0.3 is 0 Å². The molecular weight excluding hydrogens is 426 g/mol. The highest BCUT2D eigenvalue weighted by atomic mass is 35.5. The van der Waals surface area contributed by atoms with Gasteiger partial charge < -0.3 is 14.1 Å². The second-order valence-electron chi connectivity index (χ2n) is 7.60. The Balaban J connectivity index is 1.72. The number of fused-ring (bicyclic) bond motifs is 2. The Labute approximate surface area is 189 Å². The lowest BCUT2D eigenvalue weighted by atomic mass is 9.98. The lowest BCUT2D eigenvalue weighted by molar-refractivity contribution is 0.0714. The molecule has 0 saturated carbocycles. The van der Waals surface area contributed by atoms with Crippen LogP contribution in [-0.2, 0) is 6.54 Å². The molecule has 1 aliphatic heterocycles. The summed E-state index contributed by atoms with van der Waals surface area (Å²) in [5.41, 5.74) is 2.10. The molecule has 1 aromatic heterocycles. The van der Waals surface area contributed by atoms with E-state index >= 15 is 0 Å². The first-order valence-electron chi connectivity index (χ1n) is 10.4. The van der Waals surface area contributed by atoms with Crippen molar-refractivity contribution in [1.82, 2.24) is 4.90 Å². The highest BCUT2D eigenvalue weighted by molar-refractivity contribution is 6.31. The zero-order valence-electron chi connectivity index (χ0n) is 17.4. The standard InChI is InChI=1S/C26H20ClNO4/c1-2-31-18-10-7-9-16(14-18)23-22-24(29)19-11-4-6-13-21(19)32-25(22)26(30)28(23)15-17-8-3-5-12-20(17)27/h3-14,23H,2,15H2,1H3. The zero-order valence-corrected chi connectivity index (χ0v) is 18.1. The van der Waals surface area contributed by atoms with Gasteiger partial charge in [-0.05, 0) is 48.4 Å². The highest BCUT2D eigenvalue weighted by Gasteiger charge is 2.43. The quantitative estimate of drug-likeness (QED) is 0.401. The number of benzene rings is 3. The van der Waals surface area contributed by atoms with E-state index in [0.29, 0.717) is 33.9 Å². The predicted molar refractivity (Wildman–Crippen MR) is 123 cm³/mol. The molecular formula is C26H20ClNO4. The van der Waals surface area contributed by atoms with E-state index in [-0.39, 0.29) is 23.6 Å².